The minimum atomic E-state index is 0.820. The number of benzene rings is 1. The number of hydrogen-bond acceptors (Lipinski definition) is 3. The van der Waals surface area contributed by atoms with Crippen LogP contribution in [-0.2, 0) is 13.0 Å². The fourth-order valence-electron chi connectivity index (χ4n) is 2.28. The van der Waals surface area contributed by atoms with Crippen molar-refractivity contribution in [2.45, 2.75) is 19.9 Å². The summed E-state index contributed by atoms with van der Waals surface area (Å²) < 4.78 is 1.04. The molecule has 1 aliphatic heterocycles. The molecule has 18 heavy (non-hydrogen) atoms. The number of aryl methyl sites for hydroxylation is 1. The van der Waals surface area contributed by atoms with Crippen molar-refractivity contribution >= 4 is 15.9 Å². The number of rotatable bonds is 1. The van der Waals surface area contributed by atoms with Gasteiger partial charge in [0, 0.05) is 40.8 Å². The molecule has 1 aromatic carbocycles. The molecule has 1 aliphatic rings. The first kappa shape index (κ1) is 11.8. The summed E-state index contributed by atoms with van der Waals surface area (Å²) in [4.78, 5) is 9.36. The van der Waals surface area contributed by atoms with Crippen molar-refractivity contribution in [1.29, 1.82) is 0 Å². The molecule has 4 heteroatoms. The number of fused-ring (bicyclic) bond motifs is 1. The third-order valence-corrected chi connectivity index (χ3v) is 3.95. The molecule has 92 valence electrons. The van der Waals surface area contributed by atoms with E-state index in [0.29, 0.717) is 0 Å². The largest absolute Gasteiger partial charge is 0.312 e. The molecule has 1 N–H and O–H groups in total. The summed E-state index contributed by atoms with van der Waals surface area (Å²) in [5.74, 6) is 0.820. The zero-order valence-corrected chi connectivity index (χ0v) is 11.8. The van der Waals surface area contributed by atoms with E-state index in [4.69, 9.17) is 4.98 Å². The molecule has 0 spiro atoms. The topological polar surface area (TPSA) is 37.8 Å². The smallest absolute Gasteiger partial charge is 0.160 e. The van der Waals surface area contributed by atoms with Gasteiger partial charge in [0.1, 0.15) is 0 Å². The first-order chi connectivity index (χ1) is 8.75. The number of aromatic nitrogens is 2. The Morgan fingerprint density at radius 3 is 2.89 bits per heavy atom. The van der Waals surface area contributed by atoms with Crippen LogP contribution in [0.25, 0.3) is 11.4 Å². The lowest BCUT2D eigenvalue weighted by molar-refractivity contribution is 0.622. The third-order valence-electron chi connectivity index (χ3n) is 3.25. The molecule has 0 atom stereocenters. The predicted molar refractivity (Wildman–Crippen MR) is 75.3 cm³/mol. The highest BCUT2D eigenvalue weighted by molar-refractivity contribution is 9.10. The van der Waals surface area contributed by atoms with E-state index in [0.717, 1.165) is 41.1 Å². The fourth-order valence-corrected chi connectivity index (χ4v) is 2.74. The molecular weight excluding hydrogens is 290 g/mol. The molecule has 0 saturated heterocycles. The first-order valence-electron chi connectivity index (χ1n) is 6.07. The Kier molecular flexibility index (Phi) is 3.14. The van der Waals surface area contributed by atoms with E-state index in [-0.39, 0.29) is 0 Å². The average Bonchev–Trinajstić information content (AvgIpc) is 2.39. The lowest BCUT2D eigenvalue weighted by atomic mass is 10.1. The molecule has 0 aliphatic carbocycles. The van der Waals surface area contributed by atoms with Gasteiger partial charge in [-0.25, -0.2) is 9.97 Å². The zero-order valence-electron chi connectivity index (χ0n) is 10.2. The van der Waals surface area contributed by atoms with Crippen molar-refractivity contribution in [3.8, 4) is 11.4 Å². The Hall–Kier alpha value is -1.26. The molecule has 0 radical (unpaired) electrons. The summed E-state index contributed by atoms with van der Waals surface area (Å²) in [6.07, 6.45) is 0.982. The van der Waals surface area contributed by atoms with Crippen LogP contribution in [0.15, 0.2) is 28.7 Å². The normalized spacial score (nSPS) is 14.3. The molecule has 3 nitrogen and oxygen atoms in total. The van der Waals surface area contributed by atoms with Gasteiger partial charge in [-0.2, -0.15) is 0 Å². The van der Waals surface area contributed by atoms with E-state index in [2.05, 4.69) is 33.2 Å². The van der Waals surface area contributed by atoms with Crippen molar-refractivity contribution in [3.05, 3.63) is 45.7 Å². The van der Waals surface area contributed by atoms with Crippen LogP contribution in [-0.4, -0.2) is 16.5 Å². The quantitative estimate of drug-likeness (QED) is 0.880. The van der Waals surface area contributed by atoms with Gasteiger partial charge in [0.05, 0.1) is 5.69 Å². The van der Waals surface area contributed by atoms with Gasteiger partial charge in [-0.1, -0.05) is 34.1 Å². The number of hydrogen-bond donors (Lipinski definition) is 1. The summed E-state index contributed by atoms with van der Waals surface area (Å²) in [5, 5.41) is 3.36. The molecule has 2 aromatic rings. The first-order valence-corrected chi connectivity index (χ1v) is 6.87. The Bertz CT molecular complexity index is 596. The highest BCUT2D eigenvalue weighted by atomic mass is 79.9. The minimum absolute atomic E-state index is 0.820. The fraction of sp³-hybridized carbons (Fsp3) is 0.286. The maximum Gasteiger partial charge on any atom is 0.160 e. The van der Waals surface area contributed by atoms with E-state index < -0.39 is 0 Å². The van der Waals surface area contributed by atoms with E-state index in [1.165, 1.54) is 11.3 Å². The van der Waals surface area contributed by atoms with Crippen LogP contribution in [0.2, 0.25) is 0 Å². The van der Waals surface area contributed by atoms with Crippen LogP contribution in [0, 0.1) is 6.92 Å². The standard InChI is InChI=1S/C14H14BrN3/c1-9-11-8-16-7-6-13(11)18-14(17-9)10-4-2-3-5-12(10)15/h2-5,16H,6-8H2,1H3. The Balaban J connectivity index is 2.14. The van der Waals surface area contributed by atoms with Crippen molar-refractivity contribution in [1.82, 2.24) is 15.3 Å². The molecule has 3 rings (SSSR count). The summed E-state index contributed by atoms with van der Waals surface area (Å²) in [6.45, 7) is 3.95. The van der Waals surface area contributed by atoms with Crippen LogP contribution >= 0.6 is 15.9 Å². The third kappa shape index (κ3) is 2.06. The van der Waals surface area contributed by atoms with Crippen molar-refractivity contribution in [2.24, 2.45) is 0 Å². The lowest BCUT2D eigenvalue weighted by Crippen LogP contribution is -2.26. The monoisotopic (exact) mass is 303 g/mol. The predicted octanol–water partition coefficient (Wildman–Crippen LogP) is 2.86. The second-order valence-corrected chi connectivity index (χ2v) is 5.32. The SMILES string of the molecule is Cc1nc(-c2ccccc2Br)nc2c1CNCC2. The minimum Gasteiger partial charge on any atom is -0.312 e. The highest BCUT2D eigenvalue weighted by Crippen LogP contribution is 2.27. The van der Waals surface area contributed by atoms with Gasteiger partial charge in [0.2, 0.25) is 0 Å². The molecule has 0 fully saturated rings. The van der Waals surface area contributed by atoms with Gasteiger partial charge in [-0.15, -0.1) is 0 Å². The highest BCUT2D eigenvalue weighted by Gasteiger charge is 2.16. The molecule has 1 aromatic heterocycles. The van der Waals surface area contributed by atoms with Gasteiger partial charge in [-0.05, 0) is 13.0 Å². The van der Waals surface area contributed by atoms with Gasteiger partial charge in [0.25, 0.3) is 0 Å². The van der Waals surface area contributed by atoms with Crippen LogP contribution in [0.5, 0.6) is 0 Å². The van der Waals surface area contributed by atoms with Gasteiger partial charge >= 0.3 is 0 Å². The Morgan fingerprint density at radius 2 is 2.06 bits per heavy atom. The Labute approximate surface area is 115 Å². The van der Waals surface area contributed by atoms with Gasteiger partial charge in [0.15, 0.2) is 5.82 Å². The Morgan fingerprint density at radius 1 is 1.22 bits per heavy atom. The number of nitrogens with zero attached hydrogens (tertiary/aromatic N) is 2. The molecule has 0 amide bonds. The van der Waals surface area contributed by atoms with E-state index >= 15 is 0 Å². The maximum absolute atomic E-state index is 4.72. The average molecular weight is 304 g/mol. The van der Waals surface area contributed by atoms with Crippen LogP contribution < -0.4 is 5.32 Å². The second-order valence-electron chi connectivity index (χ2n) is 4.46. The van der Waals surface area contributed by atoms with E-state index in [1.807, 2.05) is 24.3 Å². The summed E-state index contributed by atoms with van der Waals surface area (Å²) in [7, 11) is 0. The summed E-state index contributed by atoms with van der Waals surface area (Å²) in [5.41, 5.74) is 4.59. The van der Waals surface area contributed by atoms with Crippen molar-refractivity contribution < 1.29 is 0 Å². The molecule has 0 unspecified atom stereocenters. The maximum atomic E-state index is 4.72. The van der Waals surface area contributed by atoms with Crippen molar-refractivity contribution in [3.63, 3.8) is 0 Å². The molecule has 2 heterocycles. The lowest BCUT2D eigenvalue weighted by Gasteiger charge is -2.18. The second kappa shape index (κ2) is 4.78. The van der Waals surface area contributed by atoms with Crippen molar-refractivity contribution in [2.75, 3.05) is 6.54 Å². The molecule has 0 bridgehead atoms. The van der Waals surface area contributed by atoms with Crippen LogP contribution in [0.4, 0.5) is 0 Å². The van der Waals surface area contributed by atoms with Crippen LogP contribution in [0.3, 0.4) is 0 Å². The van der Waals surface area contributed by atoms with Gasteiger partial charge < -0.3 is 5.32 Å². The van der Waals surface area contributed by atoms with E-state index in [1.54, 1.807) is 0 Å². The number of halogens is 1. The zero-order chi connectivity index (χ0) is 12.5. The molecule has 0 saturated carbocycles. The summed E-state index contributed by atoms with van der Waals surface area (Å²) >= 11 is 3.56. The van der Waals surface area contributed by atoms with Crippen LogP contribution in [0.1, 0.15) is 17.0 Å². The molecular formula is C14H14BrN3. The van der Waals surface area contributed by atoms with Gasteiger partial charge in [-0.3, -0.25) is 0 Å². The van der Waals surface area contributed by atoms with E-state index in [9.17, 15) is 0 Å². The summed E-state index contributed by atoms with van der Waals surface area (Å²) in [6, 6.07) is 8.09. The number of nitrogens with one attached hydrogen (secondary N) is 1.